The van der Waals surface area contributed by atoms with Crippen molar-refractivity contribution in [1.29, 1.82) is 0 Å². The second-order valence-electron chi connectivity index (χ2n) is 11.6. The molecule has 0 amide bonds. The summed E-state index contributed by atoms with van der Waals surface area (Å²) >= 11 is 1.41. The summed E-state index contributed by atoms with van der Waals surface area (Å²) in [6, 6.07) is 1.24. The predicted octanol–water partition coefficient (Wildman–Crippen LogP) is 5.69. The molecule has 2 bridgehead atoms. The maximum absolute atomic E-state index is 12.0. The second-order valence-corrected chi connectivity index (χ2v) is 14.3. The fourth-order valence-electron chi connectivity index (χ4n) is 7.51. The third-order valence-electron chi connectivity index (χ3n) is 9.38. The number of rotatable bonds is 4. The normalized spacial score (nSPS) is 28.6. The number of fused-ring (bicyclic) bond motifs is 4. The highest BCUT2D eigenvalue weighted by Crippen LogP contribution is 2.53. The average molecular weight is 522 g/mol. The van der Waals surface area contributed by atoms with Gasteiger partial charge >= 0.3 is 0 Å². The molecule has 0 radical (unpaired) electrons. The maximum atomic E-state index is 12.0. The Morgan fingerprint density at radius 1 is 1.14 bits per heavy atom. The van der Waals surface area contributed by atoms with Gasteiger partial charge in [-0.05, 0) is 73.6 Å². The first kappa shape index (κ1) is 23.3. The fourth-order valence-corrected chi connectivity index (χ4v) is 10.4. The number of nitrogens with one attached hydrogen (secondary N) is 1. The number of aryl methyl sites for hydroxylation is 2. The second kappa shape index (κ2) is 8.32. The van der Waals surface area contributed by atoms with Gasteiger partial charge in [0.05, 0.1) is 11.7 Å². The lowest BCUT2D eigenvalue weighted by atomic mass is 9.88. The summed E-state index contributed by atoms with van der Waals surface area (Å²) in [5.41, 5.74) is 8.78. The van der Waals surface area contributed by atoms with E-state index in [1.54, 1.807) is 11.2 Å². The smallest absolute Gasteiger partial charge is 0.158 e. The molecule has 3 fully saturated rings. The third-order valence-corrected chi connectivity index (χ3v) is 12.2. The van der Waals surface area contributed by atoms with E-state index in [4.69, 9.17) is 0 Å². The Morgan fingerprint density at radius 2 is 1.97 bits per heavy atom. The SMILES string of the molecule is Cc1c(-c2[nH]c3sc(C4CC5CC4CN5C4CC[S+]([O-])C4)c(C)c3c2C(C)C)cn2ncnc2c1C. The van der Waals surface area contributed by atoms with E-state index in [0.29, 0.717) is 23.9 Å². The zero-order valence-electron chi connectivity index (χ0n) is 21.8. The molecule has 4 aromatic heterocycles. The summed E-state index contributed by atoms with van der Waals surface area (Å²) in [6.45, 7) is 12.5. The first-order valence-corrected chi connectivity index (χ1v) is 15.7. The monoisotopic (exact) mass is 521 g/mol. The number of aromatic nitrogens is 4. The molecule has 1 saturated carbocycles. The van der Waals surface area contributed by atoms with Crippen molar-refractivity contribution in [2.45, 2.75) is 77.8 Å². The summed E-state index contributed by atoms with van der Waals surface area (Å²) in [5.74, 6) is 3.63. The molecular formula is C28H35N5OS2. The van der Waals surface area contributed by atoms with Gasteiger partial charge in [-0.25, -0.2) is 9.50 Å². The number of hydrogen-bond acceptors (Lipinski definition) is 5. The summed E-state index contributed by atoms with van der Waals surface area (Å²) in [7, 11) is 0. The summed E-state index contributed by atoms with van der Waals surface area (Å²) in [6.07, 6.45) is 7.49. The van der Waals surface area contributed by atoms with Crippen molar-refractivity contribution >= 4 is 38.4 Å². The molecule has 6 heterocycles. The van der Waals surface area contributed by atoms with E-state index in [-0.39, 0.29) is 0 Å². The summed E-state index contributed by atoms with van der Waals surface area (Å²) in [4.78, 5) is 14.0. The van der Waals surface area contributed by atoms with Crippen LogP contribution >= 0.6 is 11.3 Å². The van der Waals surface area contributed by atoms with E-state index < -0.39 is 11.2 Å². The molecule has 2 aliphatic heterocycles. The lowest BCUT2D eigenvalue weighted by molar-refractivity contribution is 0.153. The van der Waals surface area contributed by atoms with Gasteiger partial charge in [-0.3, -0.25) is 4.90 Å². The van der Waals surface area contributed by atoms with Crippen LogP contribution in [0.15, 0.2) is 12.5 Å². The number of piperidine rings is 1. The van der Waals surface area contributed by atoms with Crippen molar-refractivity contribution in [3.8, 4) is 11.3 Å². The van der Waals surface area contributed by atoms with Crippen LogP contribution in [0.25, 0.3) is 27.1 Å². The number of H-pyrrole nitrogens is 1. The molecule has 4 aromatic rings. The summed E-state index contributed by atoms with van der Waals surface area (Å²) in [5, 5.41) is 5.89. The van der Waals surface area contributed by atoms with E-state index in [1.807, 2.05) is 15.9 Å². The molecule has 3 aliphatic rings. The van der Waals surface area contributed by atoms with Crippen molar-refractivity contribution in [3.63, 3.8) is 0 Å². The Balaban J connectivity index is 1.26. The van der Waals surface area contributed by atoms with Crippen LogP contribution in [0.5, 0.6) is 0 Å². The van der Waals surface area contributed by atoms with Gasteiger partial charge in [0, 0.05) is 41.0 Å². The standard InChI is InChI=1S/C28H35N5OS2/c1-14(2)23-24-17(5)26(21-9-20-8-18(21)10-32(20)19-6-7-36(34)12-19)35-28(24)31-25(23)22-11-33-27(29-13-30-33)16(4)15(22)3/h11,13-14,18-21,31H,6-10,12H2,1-5H3. The molecular weight excluding hydrogens is 486 g/mol. The molecule has 1 N–H and O–H groups in total. The first-order chi connectivity index (χ1) is 17.3. The minimum absolute atomic E-state index is 0.416. The largest absolute Gasteiger partial charge is 0.616 e. The van der Waals surface area contributed by atoms with E-state index in [1.165, 1.54) is 63.1 Å². The van der Waals surface area contributed by atoms with E-state index in [2.05, 4.69) is 60.8 Å². The van der Waals surface area contributed by atoms with Crippen LogP contribution in [0.1, 0.15) is 72.1 Å². The molecule has 36 heavy (non-hydrogen) atoms. The Bertz CT molecular complexity index is 1480. The molecule has 0 aromatic carbocycles. The van der Waals surface area contributed by atoms with Gasteiger partial charge in [0.25, 0.3) is 0 Å². The topological polar surface area (TPSA) is 72.3 Å². The highest BCUT2D eigenvalue weighted by molar-refractivity contribution is 7.91. The lowest BCUT2D eigenvalue weighted by Gasteiger charge is -2.34. The fraction of sp³-hybridized carbons (Fsp3) is 0.571. The van der Waals surface area contributed by atoms with Gasteiger partial charge in [-0.15, -0.1) is 11.3 Å². The van der Waals surface area contributed by atoms with Crippen molar-refractivity contribution in [3.05, 3.63) is 39.7 Å². The highest BCUT2D eigenvalue weighted by atomic mass is 32.2. The molecule has 2 saturated heterocycles. The van der Waals surface area contributed by atoms with Crippen molar-refractivity contribution in [2.75, 3.05) is 18.1 Å². The van der Waals surface area contributed by atoms with Gasteiger partial charge in [-0.1, -0.05) is 25.0 Å². The van der Waals surface area contributed by atoms with Gasteiger partial charge in [0.2, 0.25) is 0 Å². The Kier molecular flexibility index (Phi) is 5.37. The van der Waals surface area contributed by atoms with Gasteiger partial charge < -0.3 is 9.54 Å². The molecule has 190 valence electrons. The molecule has 5 atom stereocenters. The molecule has 7 rings (SSSR count). The minimum Gasteiger partial charge on any atom is -0.616 e. The van der Waals surface area contributed by atoms with Crippen LogP contribution in [0, 0.1) is 26.7 Å². The quantitative estimate of drug-likeness (QED) is 0.350. The zero-order valence-corrected chi connectivity index (χ0v) is 23.4. The number of hydrogen-bond donors (Lipinski definition) is 1. The molecule has 6 nitrogen and oxygen atoms in total. The van der Waals surface area contributed by atoms with E-state index in [9.17, 15) is 4.55 Å². The Labute approximate surface area is 219 Å². The van der Waals surface area contributed by atoms with Gasteiger partial charge in [-0.2, -0.15) is 5.10 Å². The Hall–Kier alpha value is -1.87. The molecule has 0 spiro atoms. The lowest BCUT2D eigenvalue weighted by Crippen LogP contribution is -2.43. The zero-order chi connectivity index (χ0) is 24.9. The van der Waals surface area contributed by atoms with Crippen LogP contribution in [0.4, 0.5) is 0 Å². The average Bonchev–Trinajstić information content (AvgIpc) is 3.66. The van der Waals surface area contributed by atoms with Crippen LogP contribution in [0.2, 0.25) is 0 Å². The van der Waals surface area contributed by atoms with Crippen LogP contribution in [0.3, 0.4) is 0 Å². The van der Waals surface area contributed by atoms with Gasteiger partial charge in [0.1, 0.15) is 22.7 Å². The number of likely N-dealkylation sites (tertiary alicyclic amines) is 1. The number of nitrogens with zero attached hydrogens (tertiary/aromatic N) is 4. The first-order valence-electron chi connectivity index (χ1n) is 13.4. The molecule has 8 heteroatoms. The van der Waals surface area contributed by atoms with Crippen molar-refractivity contribution in [1.82, 2.24) is 24.5 Å². The minimum atomic E-state index is -0.592. The van der Waals surface area contributed by atoms with Crippen molar-refractivity contribution < 1.29 is 4.55 Å². The van der Waals surface area contributed by atoms with Crippen LogP contribution in [-0.4, -0.2) is 59.2 Å². The van der Waals surface area contributed by atoms with E-state index >= 15 is 0 Å². The third kappa shape index (κ3) is 3.30. The molecule has 5 unspecified atom stereocenters. The van der Waals surface area contributed by atoms with Crippen LogP contribution in [-0.2, 0) is 11.2 Å². The number of thiophene rings is 1. The summed E-state index contributed by atoms with van der Waals surface area (Å²) < 4.78 is 13.9. The number of pyridine rings is 1. The highest BCUT2D eigenvalue weighted by Gasteiger charge is 2.50. The van der Waals surface area contributed by atoms with Crippen molar-refractivity contribution in [2.24, 2.45) is 5.92 Å². The predicted molar refractivity (Wildman–Crippen MR) is 149 cm³/mol. The Morgan fingerprint density at radius 3 is 2.67 bits per heavy atom. The van der Waals surface area contributed by atoms with Crippen LogP contribution < -0.4 is 0 Å². The van der Waals surface area contributed by atoms with Gasteiger partial charge in [0.15, 0.2) is 5.65 Å². The molecule has 1 aliphatic carbocycles. The maximum Gasteiger partial charge on any atom is 0.158 e. The van der Waals surface area contributed by atoms with E-state index in [0.717, 1.165) is 29.5 Å². The number of aromatic amines is 1.